The Bertz CT molecular complexity index is 1390. The minimum Gasteiger partial charge on any atom is -0.395 e. The lowest BCUT2D eigenvalue weighted by molar-refractivity contribution is 0.188. The van der Waals surface area contributed by atoms with Crippen LogP contribution in [0.2, 0.25) is 0 Å². The van der Waals surface area contributed by atoms with Gasteiger partial charge in [-0.05, 0) is 12.1 Å². The number of aromatic nitrogens is 5. The number of rotatable bonds is 5. The van der Waals surface area contributed by atoms with Crippen LogP contribution in [0.3, 0.4) is 0 Å². The Morgan fingerprint density at radius 2 is 1.85 bits per heavy atom. The van der Waals surface area contributed by atoms with Gasteiger partial charge in [0.25, 0.3) is 5.56 Å². The Kier molecular flexibility index (Phi) is 5.67. The highest BCUT2D eigenvalue weighted by molar-refractivity contribution is 5.98. The van der Waals surface area contributed by atoms with Gasteiger partial charge >= 0.3 is 0 Å². The van der Waals surface area contributed by atoms with E-state index in [1.807, 2.05) is 0 Å². The third kappa shape index (κ3) is 3.76. The van der Waals surface area contributed by atoms with E-state index < -0.39 is 22.9 Å². The van der Waals surface area contributed by atoms with Crippen molar-refractivity contribution in [1.29, 1.82) is 0 Å². The van der Waals surface area contributed by atoms with Crippen LogP contribution in [0.5, 0.6) is 0 Å². The number of aliphatic hydroxyl groups is 1. The molecule has 0 unspecified atom stereocenters. The van der Waals surface area contributed by atoms with E-state index in [4.69, 9.17) is 10.8 Å². The van der Waals surface area contributed by atoms with Crippen LogP contribution >= 0.6 is 0 Å². The first-order chi connectivity index (χ1) is 16.5. The lowest BCUT2D eigenvalue weighted by atomic mass is 10.1. The number of fused-ring (bicyclic) bond motifs is 1. The fourth-order valence-electron chi connectivity index (χ4n) is 4.23. The number of β-amino-alcohol motifs (C(OH)–C–C–N with tert-alkyl or cyclic N) is 1. The van der Waals surface area contributed by atoms with Gasteiger partial charge in [-0.15, -0.1) is 0 Å². The van der Waals surface area contributed by atoms with Gasteiger partial charge in [0, 0.05) is 50.6 Å². The molecule has 0 aliphatic carbocycles. The Balaban J connectivity index is 1.62. The van der Waals surface area contributed by atoms with Crippen LogP contribution in [0.1, 0.15) is 0 Å². The molecule has 12 heteroatoms. The number of benzene rings is 1. The lowest BCUT2D eigenvalue weighted by Crippen LogP contribution is -2.47. The number of hydrogen-bond donors (Lipinski definition) is 3. The van der Waals surface area contributed by atoms with Gasteiger partial charge in [-0.1, -0.05) is 6.07 Å². The first-order valence-corrected chi connectivity index (χ1v) is 10.7. The second kappa shape index (κ2) is 8.80. The first-order valence-electron chi connectivity index (χ1n) is 10.7. The van der Waals surface area contributed by atoms with E-state index in [0.29, 0.717) is 42.2 Å². The maximum atomic E-state index is 14.6. The number of halogens is 2. The van der Waals surface area contributed by atoms with Crippen LogP contribution in [0.4, 0.5) is 20.4 Å². The van der Waals surface area contributed by atoms with E-state index in [1.165, 1.54) is 18.6 Å². The number of hydrogen-bond acceptors (Lipinski definition) is 8. The molecule has 0 amide bonds. The topological polar surface area (TPSA) is 129 Å². The number of para-hydroxylation sites is 1. The maximum absolute atomic E-state index is 14.6. The molecule has 4 N–H and O–H groups in total. The molecule has 4 heterocycles. The first kappa shape index (κ1) is 21.9. The largest absolute Gasteiger partial charge is 0.395 e. The normalized spacial score (nSPS) is 14.7. The predicted molar refractivity (Wildman–Crippen MR) is 123 cm³/mol. The second-order valence-corrected chi connectivity index (χ2v) is 7.96. The maximum Gasteiger partial charge on any atom is 0.268 e. The molecule has 1 aliphatic rings. The van der Waals surface area contributed by atoms with Crippen molar-refractivity contribution < 1.29 is 13.9 Å². The monoisotopic (exact) mass is 468 g/mol. The van der Waals surface area contributed by atoms with Crippen LogP contribution in [0.15, 0.2) is 41.6 Å². The number of piperazine rings is 1. The van der Waals surface area contributed by atoms with Gasteiger partial charge in [0.15, 0.2) is 5.82 Å². The van der Waals surface area contributed by atoms with E-state index in [1.54, 1.807) is 6.07 Å². The van der Waals surface area contributed by atoms with Crippen LogP contribution in [0.25, 0.3) is 27.8 Å². The van der Waals surface area contributed by atoms with E-state index >= 15 is 0 Å². The fourth-order valence-corrected chi connectivity index (χ4v) is 4.23. The molecule has 0 saturated carbocycles. The van der Waals surface area contributed by atoms with Gasteiger partial charge in [-0.3, -0.25) is 19.4 Å². The Labute approximate surface area is 192 Å². The molecule has 1 aromatic carbocycles. The average molecular weight is 468 g/mol. The van der Waals surface area contributed by atoms with E-state index in [-0.39, 0.29) is 17.8 Å². The molecular formula is C22H22F2N8O2. The molecule has 0 radical (unpaired) electrons. The standard InChI is InChI=1S/C22H22F2N8O2/c23-14-2-1-3-15(24)20(14)32-11-13(19-18(22(32)34)21(25)29-28-19)16-10-17(27-12-26-16)31-6-4-30(5-7-31)8-9-33/h1-3,10-12,33H,4-9H2,(H3,25,28,29). The second-order valence-electron chi connectivity index (χ2n) is 7.96. The van der Waals surface area contributed by atoms with Gasteiger partial charge in [-0.2, -0.15) is 5.10 Å². The van der Waals surface area contributed by atoms with Crippen molar-refractivity contribution in [3.8, 4) is 16.9 Å². The van der Waals surface area contributed by atoms with Gasteiger partial charge in [0.05, 0.1) is 17.8 Å². The molecule has 176 valence electrons. The number of nitrogen functional groups attached to an aromatic ring is 1. The van der Waals surface area contributed by atoms with Crippen LogP contribution in [-0.4, -0.2) is 74.1 Å². The molecule has 0 spiro atoms. The molecule has 4 aromatic rings. The summed E-state index contributed by atoms with van der Waals surface area (Å²) in [6.45, 7) is 3.71. The zero-order valence-electron chi connectivity index (χ0n) is 18.1. The molecule has 1 saturated heterocycles. The van der Waals surface area contributed by atoms with Crippen molar-refractivity contribution in [2.24, 2.45) is 0 Å². The number of H-pyrrole nitrogens is 1. The van der Waals surface area contributed by atoms with E-state index in [2.05, 4.69) is 30.0 Å². The smallest absolute Gasteiger partial charge is 0.268 e. The number of aromatic amines is 1. The molecule has 1 fully saturated rings. The summed E-state index contributed by atoms with van der Waals surface area (Å²) in [6.07, 6.45) is 2.73. The number of aliphatic hydroxyl groups excluding tert-OH is 1. The fraction of sp³-hybridized carbons (Fsp3) is 0.273. The summed E-state index contributed by atoms with van der Waals surface area (Å²) in [6, 6.07) is 5.13. The van der Waals surface area contributed by atoms with Crippen molar-refractivity contribution in [2.75, 3.05) is 50.0 Å². The molecule has 34 heavy (non-hydrogen) atoms. The minimum absolute atomic E-state index is 0.0120. The van der Waals surface area contributed by atoms with Gasteiger partial charge < -0.3 is 15.7 Å². The SMILES string of the molecule is Nc1n[nH]c2c(-c3cc(N4CCN(CCO)CC4)ncn3)cn(-c3c(F)cccc3F)c(=O)c12. The van der Waals surface area contributed by atoms with Gasteiger partial charge in [0.2, 0.25) is 0 Å². The third-order valence-electron chi connectivity index (χ3n) is 5.97. The summed E-state index contributed by atoms with van der Waals surface area (Å²) in [5.41, 5.74) is 5.85. The van der Waals surface area contributed by atoms with Crippen molar-refractivity contribution in [3.63, 3.8) is 0 Å². The highest BCUT2D eigenvalue weighted by Crippen LogP contribution is 2.30. The molecule has 3 aromatic heterocycles. The summed E-state index contributed by atoms with van der Waals surface area (Å²) >= 11 is 0. The van der Waals surface area contributed by atoms with Crippen LogP contribution in [0, 0.1) is 11.6 Å². The van der Waals surface area contributed by atoms with Crippen LogP contribution in [-0.2, 0) is 0 Å². The predicted octanol–water partition coefficient (Wildman–Crippen LogP) is 1.15. The summed E-state index contributed by atoms with van der Waals surface area (Å²) in [4.78, 5) is 26.1. The number of nitrogens with one attached hydrogen (secondary N) is 1. The van der Waals surface area contributed by atoms with Crippen LogP contribution < -0.4 is 16.2 Å². The highest BCUT2D eigenvalue weighted by atomic mass is 19.1. The molecule has 10 nitrogen and oxygen atoms in total. The molecular weight excluding hydrogens is 446 g/mol. The summed E-state index contributed by atoms with van der Waals surface area (Å²) < 4.78 is 30.0. The van der Waals surface area contributed by atoms with Crippen molar-refractivity contribution in [3.05, 3.63) is 58.8 Å². The number of nitrogens with zero attached hydrogens (tertiary/aromatic N) is 6. The summed E-state index contributed by atoms with van der Waals surface area (Å²) in [7, 11) is 0. The minimum atomic E-state index is -0.890. The van der Waals surface area contributed by atoms with Gasteiger partial charge in [-0.25, -0.2) is 18.7 Å². The number of nitrogens with two attached hydrogens (primary N) is 1. The zero-order chi connectivity index (χ0) is 23.8. The number of anilines is 2. The number of pyridine rings is 1. The molecule has 0 bridgehead atoms. The molecule has 0 atom stereocenters. The molecule has 5 rings (SSSR count). The summed E-state index contributed by atoms with van der Waals surface area (Å²) in [5, 5.41) is 15.8. The van der Waals surface area contributed by atoms with Crippen molar-refractivity contribution >= 4 is 22.5 Å². The molecule has 1 aliphatic heterocycles. The Morgan fingerprint density at radius 3 is 2.56 bits per heavy atom. The van der Waals surface area contributed by atoms with E-state index in [0.717, 1.165) is 29.8 Å². The Morgan fingerprint density at radius 1 is 1.12 bits per heavy atom. The third-order valence-corrected chi connectivity index (χ3v) is 5.97. The summed E-state index contributed by atoms with van der Waals surface area (Å²) in [5.74, 6) is -1.19. The lowest BCUT2D eigenvalue weighted by Gasteiger charge is -2.35. The van der Waals surface area contributed by atoms with Gasteiger partial charge in [0.1, 0.15) is 34.9 Å². The average Bonchev–Trinajstić information content (AvgIpc) is 3.23. The van der Waals surface area contributed by atoms with E-state index in [9.17, 15) is 13.6 Å². The highest BCUT2D eigenvalue weighted by Gasteiger charge is 2.22. The van der Waals surface area contributed by atoms with Crippen molar-refractivity contribution in [2.45, 2.75) is 0 Å². The Hall–Kier alpha value is -3.90. The quantitative estimate of drug-likeness (QED) is 0.398. The zero-order valence-corrected chi connectivity index (χ0v) is 18.1. The van der Waals surface area contributed by atoms with Crippen molar-refractivity contribution in [1.82, 2.24) is 29.6 Å².